The molecule has 0 bridgehead atoms. The second-order valence-corrected chi connectivity index (χ2v) is 5.23. The van der Waals surface area contributed by atoms with Gasteiger partial charge in [-0.2, -0.15) is 0 Å². The van der Waals surface area contributed by atoms with Gasteiger partial charge in [0.1, 0.15) is 0 Å². The Morgan fingerprint density at radius 3 is 2.45 bits per heavy atom. The van der Waals surface area contributed by atoms with Crippen molar-refractivity contribution < 1.29 is 0 Å². The maximum atomic E-state index is 4.42. The monoisotopic (exact) mass is 269 g/mol. The molecule has 0 aliphatic carbocycles. The minimum atomic E-state index is 0.254. The lowest BCUT2D eigenvalue weighted by atomic mass is 10.0. The molecule has 0 spiro atoms. The Hall–Kier alpha value is -2.03. The fraction of sp³-hybridized carbons (Fsp3) is 0.353. The normalized spacial score (nSPS) is 12.0. The van der Waals surface area contributed by atoms with Crippen LogP contribution in [0.15, 0.2) is 42.6 Å². The first-order valence-corrected chi connectivity index (χ1v) is 7.09. The summed E-state index contributed by atoms with van der Waals surface area (Å²) in [5.41, 5.74) is 3.72. The molecule has 2 aromatic rings. The topological polar surface area (TPSA) is 28.2 Å². The molecule has 3 heteroatoms. The Morgan fingerprint density at radius 2 is 1.85 bits per heavy atom. The number of pyridine rings is 1. The second-order valence-electron chi connectivity index (χ2n) is 5.23. The molecule has 0 saturated carbocycles. The predicted octanol–water partition coefficient (Wildman–Crippen LogP) is 3.88. The van der Waals surface area contributed by atoms with Gasteiger partial charge < -0.3 is 10.2 Å². The van der Waals surface area contributed by atoms with Crippen molar-refractivity contribution in [3.05, 3.63) is 53.7 Å². The first-order chi connectivity index (χ1) is 9.61. The van der Waals surface area contributed by atoms with Gasteiger partial charge in [-0.1, -0.05) is 31.2 Å². The minimum absolute atomic E-state index is 0.254. The van der Waals surface area contributed by atoms with E-state index in [1.165, 1.54) is 11.1 Å². The number of hydrogen-bond donors (Lipinski definition) is 1. The lowest BCUT2D eigenvalue weighted by molar-refractivity contribution is 0.878. The third-order valence-corrected chi connectivity index (χ3v) is 3.47. The van der Waals surface area contributed by atoms with E-state index in [0.29, 0.717) is 0 Å². The number of aromatic nitrogens is 1. The third kappa shape index (κ3) is 3.29. The van der Waals surface area contributed by atoms with Crippen LogP contribution in [0.5, 0.6) is 0 Å². The highest BCUT2D eigenvalue weighted by atomic mass is 15.2. The van der Waals surface area contributed by atoms with Gasteiger partial charge in [0.25, 0.3) is 0 Å². The van der Waals surface area contributed by atoms with Crippen LogP contribution in [0.1, 0.15) is 31.0 Å². The number of rotatable bonds is 5. The maximum absolute atomic E-state index is 4.42. The molecule has 1 N–H and O–H groups in total. The van der Waals surface area contributed by atoms with Crippen molar-refractivity contribution in [3.63, 3.8) is 0 Å². The number of anilines is 2. The average molecular weight is 269 g/mol. The zero-order valence-corrected chi connectivity index (χ0v) is 12.7. The molecule has 0 fully saturated rings. The zero-order valence-electron chi connectivity index (χ0n) is 12.7. The molecule has 1 aromatic heterocycles. The van der Waals surface area contributed by atoms with E-state index in [-0.39, 0.29) is 6.04 Å². The van der Waals surface area contributed by atoms with Crippen LogP contribution >= 0.6 is 0 Å². The molecular formula is C17H23N3. The number of benzene rings is 1. The van der Waals surface area contributed by atoms with E-state index in [2.05, 4.69) is 54.5 Å². The van der Waals surface area contributed by atoms with E-state index in [9.17, 15) is 0 Å². The third-order valence-electron chi connectivity index (χ3n) is 3.47. The molecule has 0 saturated heterocycles. The van der Waals surface area contributed by atoms with Crippen molar-refractivity contribution in [1.82, 2.24) is 4.98 Å². The SMILES string of the molecule is CCc1ccc(C(C)Nc2cccnc2N(C)C)cc1. The number of nitrogens with zero attached hydrogens (tertiary/aromatic N) is 2. The summed E-state index contributed by atoms with van der Waals surface area (Å²) >= 11 is 0. The molecule has 0 aliphatic rings. The molecule has 0 amide bonds. The van der Waals surface area contributed by atoms with E-state index in [4.69, 9.17) is 0 Å². The summed E-state index contributed by atoms with van der Waals surface area (Å²) in [7, 11) is 4.02. The molecule has 1 aromatic carbocycles. The second kappa shape index (κ2) is 6.42. The molecule has 1 heterocycles. The van der Waals surface area contributed by atoms with Gasteiger partial charge in [0.2, 0.25) is 0 Å². The summed E-state index contributed by atoms with van der Waals surface area (Å²) in [6.45, 7) is 4.35. The van der Waals surface area contributed by atoms with Crippen molar-refractivity contribution in [2.24, 2.45) is 0 Å². The van der Waals surface area contributed by atoms with Crippen molar-refractivity contribution in [2.45, 2.75) is 26.3 Å². The number of hydrogen-bond acceptors (Lipinski definition) is 3. The van der Waals surface area contributed by atoms with Crippen molar-refractivity contribution in [2.75, 3.05) is 24.3 Å². The molecule has 3 nitrogen and oxygen atoms in total. The quantitative estimate of drug-likeness (QED) is 0.892. The van der Waals surface area contributed by atoms with Gasteiger partial charge in [-0.25, -0.2) is 4.98 Å². The van der Waals surface area contributed by atoms with Crippen LogP contribution in [0.25, 0.3) is 0 Å². The highest BCUT2D eigenvalue weighted by molar-refractivity contribution is 5.65. The van der Waals surface area contributed by atoms with Gasteiger partial charge in [0.05, 0.1) is 5.69 Å². The molecule has 2 rings (SSSR count). The fourth-order valence-electron chi connectivity index (χ4n) is 2.22. The zero-order chi connectivity index (χ0) is 14.5. The fourth-order valence-corrected chi connectivity index (χ4v) is 2.22. The van der Waals surface area contributed by atoms with E-state index in [1.54, 1.807) is 0 Å². The first kappa shape index (κ1) is 14.4. The molecular weight excluding hydrogens is 246 g/mol. The standard InChI is InChI=1S/C17H23N3/c1-5-14-8-10-15(11-9-14)13(2)19-16-7-6-12-18-17(16)20(3)4/h6-13,19H,5H2,1-4H3. The molecule has 1 atom stereocenters. The number of nitrogens with one attached hydrogen (secondary N) is 1. The Kier molecular flexibility index (Phi) is 4.61. The molecule has 0 radical (unpaired) electrons. The van der Waals surface area contributed by atoms with E-state index >= 15 is 0 Å². The van der Waals surface area contributed by atoms with Crippen molar-refractivity contribution in [3.8, 4) is 0 Å². The highest BCUT2D eigenvalue weighted by Crippen LogP contribution is 2.25. The van der Waals surface area contributed by atoms with Crippen LogP contribution in [0.2, 0.25) is 0 Å². The minimum Gasteiger partial charge on any atom is -0.376 e. The van der Waals surface area contributed by atoms with Crippen LogP contribution in [-0.4, -0.2) is 19.1 Å². The molecule has 20 heavy (non-hydrogen) atoms. The maximum Gasteiger partial charge on any atom is 0.151 e. The van der Waals surface area contributed by atoms with Gasteiger partial charge in [-0.15, -0.1) is 0 Å². The van der Waals surface area contributed by atoms with Gasteiger partial charge in [0.15, 0.2) is 5.82 Å². The Labute approximate surface area is 121 Å². The van der Waals surface area contributed by atoms with Crippen LogP contribution in [0, 0.1) is 0 Å². The van der Waals surface area contributed by atoms with Crippen molar-refractivity contribution >= 4 is 11.5 Å². The lowest BCUT2D eigenvalue weighted by Crippen LogP contribution is -2.15. The van der Waals surface area contributed by atoms with E-state index < -0.39 is 0 Å². The van der Waals surface area contributed by atoms with Gasteiger partial charge >= 0.3 is 0 Å². The van der Waals surface area contributed by atoms with Crippen LogP contribution in [0.4, 0.5) is 11.5 Å². The van der Waals surface area contributed by atoms with E-state index in [0.717, 1.165) is 17.9 Å². The Bertz CT molecular complexity index is 546. The van der Waals surface area contributed by atoms with Crippen molar-refractivity contribution in [1.29, 1.82) is 0 Å². The summed E-state index contributed by atoms with van der Waals surface area (Å²) in [5.74, 6) is 0.963. The lowest BCUT2D eigenvalue weighted by Gasteiger charge is -2.21. The van der Waals surface area contributed by atoms with E-state index in [1.807, 2.05) is 31.3 Å². The first-order valence-electron chi connectivity index (χ1n) is 7.09. The average Bonchev–Trinajstić information content (AvgIpc) is 2.47. The Morgan fingerprint density at radius 1 is 1.15 bits per heavy atom. The smallest absolute Gasteiger partial charge is 0.151 e. The summed E-state index contributed by atoms with van der Waals surface area (Å²) in [6, 6.07) is 13.1. The van der Waals surface area contributed by atoms with Gasteiger partial charge in [-0.05, 0) is 36.6 Å². The Balaban J connectivity index is 2.16. The van der Waals surface area contributed by atoms with Gasteiger partial charge in [-0.3, -0.25) is 0 Å². The summed E-state index contributed by atoms with van der Waals surface area (Å²) < 4.78 is 0. The summed E-state index contributed by atoms with van der Waals surface area (Å²) in [4.78, 5) is 6.44. The molecule has 0 aliphatic heterocycles. The largest absolute Gasteiger partial charge is 0.376 e. The summed E-state index contributed by atoms with van der Waals surface area (Å²) in [6.07, 6.45) is 2.90. The van der Waals surface area contributed by atoms with Gasteiger partial charge in [0, 0.05) is 26.3 Å². The predicted molar refractivity (Wildman–Crippen MR) is 86.4 cm³/mol. The van der Waals surface area contributed by atoms with Crippen LogP contribution in [-0.2, 0) is 6.42 Å². The summed E-state index contributed by atoms with van der Waals surface area (Å²) in [5, 5.41) is 3.54. The van der Waals surface area contributed by atoms with Crippen LogP contribution < -0.4 is 10.2 Å². The highest BCUT2D eigenvalue weighted by Gasteiger charge is 2.10. The number of aryl methyl sites for hydroxylation is 1. The van der Waals surface area contributed by atoms with Crippen LogP contribution in [0.3, 0.4) is 0 Å². The molecule has 1 unspecified atom stereocenters. The molecule has 106 valence electrons.